The molecule has 78 valence electrons. The Morgan fingerprint density at radius 3 is 2.62 bits per heavy atom. The van der Waals surface area contributed by atoms with Gasteiger partial charge in [-0.2, -0.15) is 12.6 Å². The molecule has 2 unspecified atom stereocenters. The highest BCUT2D eigenvalue weighted by Crippen LogP contribution is 2.36. The smallest absolute Gasteiger partial charge is 0.187 e. The Kier molecular flexibility index (Phi) is 3.53. The molecule has 2 atom stereocenters. The topological polar surface area (TPSA) is 9.23 Å². The molecule has 0 radical (unpaired) electrons. The van der Waals surface area contributed by atoms with E-state index in [4.69, 9.17) is 4.43 Å². The molecule has 0 aromatic heterocycles. The van der Waals surface area contributed by atoms with Gasteiger partial charge in [-0.3, -0.25) is 0 Å². The van der Waals surface area contributed by atoms with Crippen LogP contribution < -0.4 is 0 Å². The molecule has 1 saturated heterocycles. The summed E-state index contributed by atoms with van der Waals surface area (Å²) in [4.78, 5) is 0. The van der Waals surface area contributed by atoms with Crippen molar-refractivity contribution < 1.29 is 4.43 Å². The summed E-state index contributed by atoms with van der Waals surface area (Å²) in [5, 5.41) is 0.452. The van der Waals surface area contributed by atoms with Crippen molar-refractivity contribution in [3.63, 3.8) is 0 Å². The molecule has 1 heterocycles. The van der Waals surface area contributed by atoms with Gasteiger partial charge in [-0.25, -0.2) is 0 Å². The molecule has 3 heteroatoms. The second kappa shape index (κ2) is 3.95. The highest BCUT2D eigenvalue weighted by Gasteiger charge is 2.38. The van der Waals surface area contributed by atoms with Gasteiger partial charge in [-0.1, -0.05) is 13.3 Å². The van der Waals surface area contributed by atoms with Crippen molar-refractivity contribution in [2.75, 3.05) is 0 Å². The third-order valence-electron chi connectivity index (χ3n) is 2.73. The highest BCUT2D eigenvalue weighted by molar-refractivity contribution is 7.80. The molecule has 0 saturated carbocycles. The molecule has 0 spiro atoms. The van der Waals surface area contributed by atoms with Gasteiger partial charge in [0.15, 0.2) is 8.32 Å². The summed E-state index contributed by atoms with van der Waals surface area (Å²) in [7, 11) is -1.33. The van der Waals surface area contributed by atoms with E-state index in [1.807, 2.05) is 0 Å². The molecule has 1 aliphatic heterocycles. The summed E-state index contributed by atoms with van der Waals surface area (Å²) in [5.41, 5.74) is 0.120. The first-order valence-electron chi connectivity index (χ1n) is 5.21. The van der Waals surface area contributed by atoms with Gasteiger partial charge in [0, 0.05) is 5.25 Å². The lowest BCUT2D eigenvalue weighted by molar-refractivity contribution is 0.0453. The van der Waals surface area contributed by atoms with Crippen LogP contribution in [0.1, 0.15) is 33.1 Å². The Balaban J connectivity index is 2.58. The lowest BCUT2D eigenvalue weighted by Gasteiger charge is -2.43. The van der Waals surface area contributed by atoms with Gasteiger partial charge in [0.05, 0.1) is 5.60 Å². The first kappa shape index (κ1) is 11.6. The van der Waals surface area contributed by atoms with E-state index in [9.17, 15) is 0 Å². The summed E-state index contributed by atoms with van der Waals surface area (Å²) < 4.78 is 6.26. The molecule has 0 bridgehead atoms. The van der Waals surface area contributed by atoms with Crippen LogP contribution in [0.5, 0.6) is 0 Å². The van der Waals surface area contributed by atoms with Crippen LogP contribution in [0.25, 0.3) is 0 Å². The summed E-state index contributed by atoms with van der Waals surface area (Å²) >= 11 is 4.45. The fourth-order valence-electron chi connectivity index (χ4n) is 2.43. The first-order chi connectivity index (χ1) is 5.83. The molecular formula is C10H22OSSi. The van der Waals surface area contributed by atoms with Crippen molar-refractivity contribution in [2.45, 2.75) is 63.1 Å². The lowest BCUT2D eigenvalue weighted by atomic mass is 9.95. The van der Waals surface area contributed by atoms with E-state index in [1.54, 1.807) is 0 Å². The van der Waals surface area contributed by atoms with Gasteiger partial charge in [0.25, 0.3) is 0 Å². The van der Waals surface area contributed by atoms with Crippen LogP contribution in [0.3, 0.4) is 0 Å². The quantitative estimate of drug-likeness (QED) is 0.551. The van der Waals surface area contributed by atoms with Gasteiger partial charge in [-0.15, -0.1) is 0 Å². The van der Waals surface area contributed by atoms with E-state index in [1.165, 1.54) is 18.9 Å². The van der Waals surface area contributed by atoms with Gasteiger partial charge < -0.3 is 4.43 Å². The Labute approximate surface area is 88.8 Å². The van der Waals surface area contributed by atoms with Crippen molar-refractivity contribution in [1.82, 2.24) is 0 Å². The normalized spacial score (nSPS) is 35.8. The maximum absolute atomic E-state index is 6.26. The van der Waals surface area contributed by atoms with Crippen LogP contribution in [0.4, 0.5) is 0 Å². The fraction of sp³-hybridized carbons (Fsp3) is 1.00. The van der Waals surface area contributed by atoms with E-state index >= 15 is 0 Å². The summed E-state index contributed by atoms with van der Waals surface area (Å²) in [6.07, 6.45) is 3.65. The standard InChI is InChI=1S/C10H22OSSi/c1-9(12)8-10(2)6-5-7-13(3,4)11-10/h9,12H,5-8H2,1-4H3. The molecule has 0 aromatic carbocycles. The molecule has 1 rings (SSSR count). The van der Waals surface area contributed by atoms with E-state index in [-0.39, 0.29) is 5.60 Å². The van der Waals surface area contributed by atoms with Crippen molar-refractivity contribution in [3.8, 4) is 0 Å². The van der Waals surface area contributed by atoms with Crippen molar-refractivity contribution in [3.05, 3.63) is 0 Å². The molecule has 1 fully saturated rings. The van der Waals surface area contributed by atoms with Crippen LogP contribution in [-0.4, -0.2) is 19.2 Å². The molecule has 1 nitrogen and oxygen atoms in total. The minimum Gasteiger partial charge on any atom is -0.412 e. The summed E-state index contributed by atoms with van der Waals surface area (Å²) in [6, 6.07) is 1.32. The second-order valence-corrected chi connectivity index (χ2v) is 10.3. The van der Waals surface area contributed by atoms with E-state index in [0.717, 1.165) is 6.42 Å². The first-order valence-corrected chi connectivity index (χ1v) is 8.84. The SMILES string of the molecule is CC(S)CC1(C)CCC[Si](C)(C)O1. The largest absolute Gasteiger partial charge is 0.412 e. The maximum Gasteiger partial charge on any atom is 0.187 e. The van der Waals surface area contributed by atoms with Crippen molar-refractivity contribution >= 4 is 20.9 Å². The van der Waals surface area contributed by atoms with Gasteiger partial charge >= 0.3 is 0 Å². The van der Waals surface area contributed by atoms with Crippen molar-refractivity contribution in [1.29, 1.82) is 0 Å². The number of thiol groups is 1. The molecular weight excluding hydrogens is 196 g/mol. The third-order valence-corrected chi connectivity index (χ3v) is 5.52. The Bertz CT molecular complexity index is 182. The molecule has 0 N–H and O–H groups in total. The van der Waals surface area contributed by atoms with Gasteiger partial charge in [0.2, 0.25) is 0 Å². The molecule has 0 aliphatic carbocycles. The average Bonchev–Trinajstić information content (AvgIpc) is 1.79. The van der Waals surface area contributed by atoms with E-state index in [0.29, 0.717) is 5.25 Å². The van der Waals surface area contributed by atoms with Gasteiger partial charge in [0.1, 0.15) is 0 Å². The van der Waals surface area contributed by atoms with Crippen LogP contribution in [-0.2, 0) is 4.43 Å². The predicted molar refractivity (Wildman–Crippen MR) is 64.1 cm³/mol. The minimum atomic E-state index is -1.33. The maximum atomic E-state index is 6.26. The monoisotopic (exact) mass is 218 g/mol. The van der Waals surface area contributed by atoms with Crippen LogP contribution in [0, 0.1) is 0 Å². The van der Waals surface area contributed by atoms with Gasteiger partial charge in [-0.05, 0) is 38.9 Å². The highest BCUT2D eigenvalue weighted by atomic mass is 32.1. The van der Waals surface area contributed by atoms with Crippen LogP contribution in [0.2, 0.25) is 19.1 Å². The van der Waals surface area contributed by atoms with Crippen LogP contribution >= 0.6 is 12.6 Å². The number of hydrogen-bond acceptors (Lipinski definition) is 2. The molecule has 13 heavy (non-hydrogen) atoms. The van der Waals surface area contributed by atoms with Crippen molar-refractivity contribution in [2.24, 2.45) is 0 Å². The van der Waals surface area contributed by atoms with E-state index < -0.39 is 8.32 Å². The molecule has 1 aliphatic rings. The molecule has 0 amide bonds. The third kappa shape index (κ3) is 3.64. The summed E-state index contributed by atoms with van der Waals surface area (Å²) in [6.45, 7) is 9.07. The Hall–Kier alpha value is 0.527. The van der Waals surface area contributed by atoms with E-state index in [2.05, 4.69) is 39.6 Å². The zero-order chi connectivity index (χ0) is 10.1. The molecule has 0 aromatic rings. The summed E-state index contributed by atoms with van der Waals surface area (Å²) in [5.74, 6) is 0. The zero-order valence-corrected chi connectivity index (χ0v) is 11.2. The predicted octanol–water partition coefficient (Wildman–Crippen LogP) is 3.47. The second-order valence-electron chi connectivity index (χ2n) is 5.22. The zero-order valence-electron chi connectivity index (χ0n) is 9.26. The number of rotatable bonds is 2. The Morgan fingerprint density at radius 1 is 1.54 bits per heavy atom. The average molecular weight is 218 g/mol. The minimum absolute atomic E-state index is 0.120. The Morgan fingerprint density at radius 2 is 2.15 bits per heavy atom. The lowest BCUT2D eigenvalue weighted by Crippen LogP contribution is -2.47. The fourth-order valence-corrected chi connectivity index (χ4v) is 5.46. The number of hydrogen-bond donors (Lipinski definition) is 1. The van der Waals surface area contributed by atoms with Crippen LogP contribution in [0.15, 0.2) is 0 Å².